The second-order valence-corrected chi connectivity index (χ2v) is 5.94. The van der Waals surface area contributed by atoms with Crippen molar-refractivity contribution in [1.82, 2.24) is 14.9 Å². The summed E-state index contributed by atoms with van der Waals surface area (Å²) in [5.41, 5.74) is 1.18. The van der Waals surface area contributed by atoms with Gasteiger partial charge < -0.3 is 9.32 Å². The van der Waals surface area contributed by atoms with Crippen LogP contribution in [0, 0.1) is 11.8 Å². The van der Waals surface area contributed by atoms with E-state index in [-0.39, 0.29) is 5.91 Å². The van der Waals surface area contributed by atoms with Gasteiger partial charge in [0, 0.05) is 25.5 Å². The van der Waals surface area contributed by atoms with Gasteiger partial charge in [-0.15, -0.1) is 0 Å². The second-order valence-electron chi connectivity index (χ2n) is 5.94. The standard InChI is InChI=1S/C16H17N3O2/c20-16(19-8-12-3-1-4-13(12)9-19)14-10-21-15(18-14)11-5-2-6-17-7-11/h2,5-7,10,12-13H,1,3-4,8-9H2/t12-,13+. The van der Waals surface area contributed by atoms with Gasteiger partial charge in [-0.05, 0) is 36.8 Å². The number of likely N-dealkylation sites (tertiary alicyclic amines) is 1. The number of rotatable bonds is 2. The molecule has 3 heterocycles. The third kappa shape index (κ3) is 2.22. The summed E-state index contributed by atoms with van der Waals surface area (Å²) >= 11 is 0. The van der Waals surface area contributed by atoms with Gasteiger partial charge in [-0.3, -0.25) is 9.78 Å². The molecule has 1 saturated carbocycles. The minimum Gasteiger partial charge on any atom is -0.444 e. The molecule has 0 N–H and O–H groups in total. The van der Waals surface area contributed by atoms with Crippen molar-refractivity contribution in [3.63, 3.8) is 0 Å². The normalized spacial score (nSPS) is 24.3. The van der Waals surface area contributed by atoms with Crippen LogP contribution in [0.4, 0.5) is 0 Å². The third-order valence-corrected chi connectivity index (χ3v) is 4.65. The van der Waals surface area contributed by atoms with E-state index in [9.17, 15) is 4.79 Å². The van der Waals surface area contributed by atoms with Gasteiger partial charge in [-0.2, -0.15) is 0 Å². The Hall–Kier alpha value is -2.17. The molecule has 4 rings (SSSR count). The second kappa shape index (κ2) is 4.98. The molecule has 0 aromatic carbocycles. The van der Waals surface area contributed by atoms with Crippen molar-refractivity contribution in [1.29, 1.82) is 0 Å². The van der Waals surface area contributed by atoms with E-state index in [1.165, 1.54) is 25.5 Å². The molecule has 1 saturated heterocycles. The van der Waals surface area contributed by atoms with Crippen LogP contribution in [0.3, 0.4) is 0 Å². The molecule has 21 heavy (non-hydrogen) atoms. The molecule has 1 amide bonds. The smallest absolute Gasteiger partial charge is 0.275 e. The number of amides is 1. The van der Waals surface area contributed by atoms with Gasteiger partial charge >= 0.3 is 0 Å². The van der Waals surface area contributed by atoms with E-state index in [1.807, 2.05) is 17.0 Å². The first kappa shape index (κ1) is 12.6. The summed E-state index contributed by atoms with van der Waals surface area (Å²) in [6.07, 6.45) is 8.66. The molecule has 2 aromatic rings. The molecule has 5 heteroatoms. The molecule has 0 bridgehead atoms. The lowest BCUT2D eigenvalue weighted by Crippen LogP contribution is -2.29. The summed E-state index contributed by atoms with van der Waals surface area (Å²) in [6, 6.07) is 3.69. The molecular weight excluding hydrogens is 266 g/mol. The molecule has 108 valence electrons. The average molecular weight is 283 g/mol. The van der Waals surface area contributed by atoms with Crippen LogP contribution in [-0.4, -0.2) is 33.9 Å². The monoisotopic (exact) mass is 283 g/mol. The Morgan fingerprint density at radius 1 is 1.29 bits per heavy atom. The van der Waals surface area contributed by atoms with Gasteiger partial charge in [0.2, 0.25) is 5.89 Å². The lowest BCUT2D eigenvalue weighted by atomic mass is 10.0. The zero-order valence-electron chi connectivity index (χ0n) is 11.7. The Morgan fingerprint density at radius 3 is 2.81 bits per heavy atom. The van der Waals surface area contributed by atoms with E-state index in [1.54, 1.807) is 12.4 Å². The Bertz CT molecular complexity index is 641. The number of hydrogen-bond acceptors (Lipinski definition) is 4. The van der Waals surface area contributed by atoms with Crippen LogP contribution >= 0.6 is 0 Å². The van der Waals surface area contributed by atoms with E-state index in [2.05, 4.69) is 9.97 Å². The molecule has 0 spiro atoms. The molecule has 1 aliphatic carbocycles. The molecular formula is C16H17N3O2. The van der Waals surface area contributed by atoms with Crippen LogP contribution in [-0.2, 0) is 0 Å². The number of fused-ring (bicyclic) bond motifs is 1. The predicted octanol–water partition coefficient (Wildman–Crippen LogP) is 2.61. The van der Waals surface area contributed by atoms with E-state index >= 15 is 0 Å². The van der Waals surface area contributed by atoms with Gasteiger partial charge in [0.05, 0.1) is 5.56 Å². The molecule has 2 fully saturated rings. The van der Waals surface area contributed by atoms with Gasteiger partial charge in [0.15, 0.2) is 5.69 Å². The minimum atomic E-state index is -0.0108. The van der Waals surface area contributed by atoms with Crippen LogP contribution < -0.4 is 0 Å². The van der Waals surface area contributed by atoms with E-state index in [0.29, 0.717) is 23.4 Å². The number of oxazole rings is 1. The maximum absolute atomic E-state index is 12.5. The molecule has 5 nitrogen and oxygen atoms in total. The fourth-order valence-corrected chi connectivity index (χ4v) is 3.56. The molecule has 0 radical (unpaired) electrons. The Labute approximate surface area is 123 Å². The fraction of sp³-hybridized carbons (Fsp3) is 0.438. The van der Waals surface area contributed by atoms with E-state index in [0.717, 1.165) is 18.7 Å². The number of nitrogens with zero attached hydrogens (tertiary/aromatic N) is 3. The molecule has 2 atom stereocenters. The minimum absolute atomic E-state index is 0.0108. The van der Waals surface area contributed by atoms with Crippen LogP contribution in [0.5, 0.6) is 0 Å². The Morgan fingerprint density at radius 2 is 2.10 bits per heavy atom. The van der Waals surface area contributed by atoms with Crippen molar-refractivity contribution in [3.05, 3.63) is 36.5 Å². The van der Waals surface area contributed by atoms with Crippen molar-refractivity contribution in [2.24, 2.45) is 11.8 Å². The maximum Gasteiger partial charge on any atom is 0.275 e. The van der Waals surface area contributed by atoms with Gasteiger partial charge in [0.25, 0.3) is 5.91 Å². The zero-order chi connectivity index (χ0) is 14.2. The first-order valence-corrected chi connectivity index (χ1v) is 7.46. The molecule has 1 aliphatic heterocycles. The lowest BCUT2D eigenvalue weighted by molar-refractivity contribution is 0.0775. The highest BCUT2D eigenvalue weighted by atomic mass is 16.3. The van der Waals surface area contributed by atoms with E-state index < -0.39 is 0 Å². The first-order chi connectivity index (χ1) is 10.3. The highest BCUT2D eigenvalue weighted by molar-refractivity contribution is 5.92. The fourth-order valence-electron chi connectivity index (χ4n) is 3.56. The third-order valence-electron chi connectivity index (χ3n) is 4.65. The van der Waals surface area contributed by atoms with Crippen LogP contribution in [0.2, 0.25) is 0 Å². The first-order valence-electron chi connectivity index (χ1n) is 7.46. The Kier molecular flexibility index (Phi) is 2.98. The number of aromatic nitrogens is 2. The molecule has 2 aromatic heterocycles. The zero-order valence-corrected chi connectivity index (χ0v) is 11.7. The summed E-state index contributed by atoms with van der Waals surface area (Å²) in [7, 11) is 0. The van der Waals surface area contributed by atoms with Crippen LogP contribution in [0.1, 0.15) is 29.8 Å². The maximum atomic E-state index is 12.5. The summed E-state index contributed by atoms with van der Waals surface area (Å²) in [4.78, 5) is 22.8. The highest BCUT2D eigenvalue weighted by Crippen LogP contribution is 2.38. The molecule has 0 unspecified atom stereocenters. The van der Waals surface area contributed by atoms with Crippen LogP contribution in [0.15, 0.2) is 35.2 Å². The largest absolute Gasteiger partial charge is 0.444 e. The van der Waals surface area contributed by atoms with Crippen molar-refractivity contribution >= 4 is 5.91 Å². The quantitative estimate of drug-likeness (QED) is 0.850. The predicted molar refractivity (Wildman–Crippen MR) is 76.5 cm³/mol. The topological polar surface area (TPSA) is 59.2 Å². The van der Waals surface area contributed by atoms with Gasteiger partial charge in [-0.1, -0.05) is 6.42 Å². The summed E-state index contributed by atoms with van der Waals surface area (Å²) < 4.78 is 5.43. The number of carbonyl (C=O) groups is 1. The van der Waals surface area contributed by atoms with Crippen molar-refractivity contribution < 1.29 is 9.21 Å². The van der Waals surface area contributed by atoms with Crippen molar-refractivity contribution in [2.75, 3.05) is 13.1 Å². The lowest BCUT2D eigenvalue weighted by Gasteiger charge is -2.15. The molecule has 2 aliphatic rings. The summed E-state index contributed by atoms with van der Waals surface area (Å²) in [6.45, 7) is 1.75. The number of hydrogen-bond donors (Lipinski definition) is 0. The summed E-state index contributed by atoms with van der Waals surface area (Å²) in [5, 5.41) is 0. The summed E-state index contributed by atoms with van der Waals surface area (Å²) in [5.74, 6) is 1.83. The number of pyridine rings is 1. The van der Waals surface area contributed by atoms with Crippen molar-refractivity contribution in [3.8, 4) is 11.5 Å². The van der Waals surface area contributed by atoms with E-state index in [4.69, 9.17) is 4.42 Å². The number of carbonyl (C=O) groups excluding carboxylic acids is 1. The van der Waals surface area contributed by atoms with Gasteiger partial charge in [0.1, 0.15) is 6.26 Å². The van der Waals surface area contributed by atoms with Gasteiger partial charge in [-0.25, -0.2) is 4.98 Å². The Balaban J connectivity index is 1.52. The average Bonchev–Trinajstić information content (AvgIpc) is 3.22. The van der Waals surface area contributed by atoms with Crippen molar-refractivity contribution in [2.45, 2.75) is 19.3 Å². The highest BCUT2D eigenvalue weighted by Gasteiger charge is 2.38. The van der Waals surface area contributed by atoms with Crippen LogP contribution in [0.25, 0.3) is 11.5 Å². The SMILES string of the molecule is O=C(c1coc(-c2cccnc2)n1)N1C[C@H]2CCC[C@H]2C1.